The van der Waals surface area contributed by atoms with Gasteiger partial charge < -0.3 is 29.8 Å². The fourth-order valence-electron chi connectivity index (χ4n) is 5.65. The molecule has 48 heavy (non-hydrogen) atoms. The molecule has 0 spiro atoms. The molecule has 0 radical (unpaired) electrons. The Morgan fingerprint density at radius 2 is 1.77 bits per heavy atom. The van der Waals surface area contributed by atoms with Crippen molar-refractivity contribution in [3.63, 3.8) is 0 Å². The van der Waals surface area contributed by atoms with Gasteiger partial charge in [0, 0.05) is 48.5 Å². The van der Waals surface area contributed by atoms with Gasteiger partial charge in [-0.05, 0) is 30.7 Å². The lowest BCUT2D eigenvalue weighted by molar-refractivity contribution is -0.153. The van der Waals surface area contributed by atoms with Crippen LogP contribution in [0, 0.1) is 0 Å². The van der Waals surface area contributed by atoms with Crippen molar-refractivity contribution in [1.29, 1.82) is 0 Å². The highest BCUT2D eigenvalue weighted by Gasteiger charge is 2.54. The Hall–Kier alpha value is -5.64. The van der Waals surface area contributed by atoms with E-state index in [1.165, 1.54) is 28.8 Å². The van der Waals surface area contributed by atoms with Gasteiger partial charge in [-0.25, -0.2) is 14.4 Å². The molecule has 16 heteroatoms. The number of thioether (sulfide) groups is 1. The average molecular weight is 676 g/mol. The van der Waals surface area contributed by atoms with Crippen molar-refractivity contribution >= 4 is 58.4 Å². The summed E-state index contributed by atoms with van der Waals surface area (Å²) in [5.41, 5.74) is 0.189. The second-order valence-electron chi connectivity index (χ2n) is 11.0. The molecule has 4 heterocycles. The number of fused-ring (bicyclic) bond motifs is 2. The zero-order valence-corrected chi connectivity index (χ0v) is 26.2. The molecule has 3 aliphatic rings. The van der Waals surface area contributed by atoms with Crippen LogP contribution in [0.4, 0.5) is 4.79 Å². The normalized spacial score (nSPS) is 19.9. The van der Waals surface area contributed by atoms with Crippen LogP contribution in [0.1, 0.15) is 18.5 Å². The quantitative estimate of drug-likeness (QED) is 0.167. The van der Waals surface area contributed by atoms with Gasteiger partial charge >= 0.3 is 29.4 Å². The number of nitrogens with zero attached hydrogens (tertiary/aromatic N) is 3. The van der Waals surface area contributed by atoms with Crippen LogP contribution in [0.25, 0.3) is 11.0 Å². The van der Waals surface area contributed by atoms with Gasteiger partial charge in [0.15, 0.2) is 0 Å². The second kappa shape index (κ2) is 13.2. The number of amides is 6. The van der Waals surface area contributed by atoms with E-state index in [0.29, 0.717) is 34.4 Å². The van der Waals surface area contributed by atoms with E-state index in [0.717, 1.165) is 9.80 Å². The van der Waals surface area contributed by atoms with Crippen molar-refractivity contribution in [1.82, 2.24) is 25.3 Å². The first-order valence-corrected chi connectivity index (χ1v) is 16.0. The minimum Gasteiger partial charge on any atom is -0.489 e. The largest absolute Gasteiger partial charge is 0.489 e. The summed E-state index contributed by atoms with van der Waals surface area (Å²) in [4.78, 5) is 92.2. The number of β-lactam (4-membered cyclic amide) rings is 1. The number of benzene rings is 2. The first-order valence-electron chi connectivity index (χ1n) is 14.9. The van der Waals surface area contributed by atoms with Gasteiger partial charge in [-0.1, -0.05) is 30.3 Å². The lowest BCUT2D eigenvalue weighted by Gasteiger charge is -2.49. The topological polar surface area (TPSA) is 196 Å². The molecule has 3 aromatic rings. The van der Waals surface area contributed by atoms with Crippen molar-refractivity contribution in [2.75, 3.05) is 32.0 Å². The van der Waals surface area contributed by atoms with E-state index in [1.54, 1.807) is 55.5 Å². The number of aliphatic carboxylic acids is 1. The third kappa shape index (κ3) is 6.09. The molecule has 6 amide bonds. The van der Waals surface area contributed by atoms with Crippen LogP contribution < -0.4 is 21.0 Å². The zero-order valence-electron chi connectivity index (χ0n) is 25.4. The van der Waals surface area contributed by atoms with Crippen LogP contribution in [0.5, 0.6) is 5.75 Å². The predicted molar refractivity (Wildman–Crippen MR) is 169 cm³/mol. The van der Waals surface area contributed by atoms with Crippen LogP contribution in [-0.4, -0.2) is 98.8 Å². The van der Waals surface area contributed by atoms with E-state index >= 15 is 0 Å². The van der Waals surface area contributed by atoms with E-state index in [1.807, 2.05) is 0 Å². The van der Waals surface area contributed by atoms with Crippen molar-refractivity contribution in [2.24, 2.45) is 0 Å². The van der Waals surface area contributed by atoms with Crippen molar-refractivity contribution < 1.29 is 43.0 Å². The summed E-state index contributed by atoms with van der Waals surface area (Å²) in [6.45, 7) is 1.94. The molecule has 0 unspecified atom stereocenters. The third-order valence-corrected chi connectivity index (χ3v) is 9.49. The van der Waals surface area contributed by atoms with Gasteiger partial charge in [-0.2, -0.15) is 0 Å². The lowest BCUT2D eigenvalue weighted by Crippen LogP contribution is -2.71. The minimum atomic E-state index is -1.35. The molecule has 2 fully saturated rings. The summed E-state index contributed by atoms with van der Waals surface area (Å²) in [7, 11) is 0. The molecule has 3 N–H and O–H groups in total. The minimum absolute atomic E-state index is 0.0597. The number of carboxylic acid groups (broad SMARTS) is 1. The first-order chi connectivity index (χ1) is 23.1. The maximum atomic E-state index is 13.6. The highest BCUT2D eigenvalue weighted by atomic mass is 32.2. The zero-order chi connectivity index (χ0) is 34.1. The van der Waals surface area contributed by atoms with E-state index in [2.05, 4.69) is 10.6 Å². The number of hydrogen-bond acceptors (Lipinski definition) is 10. The van der Waals surface area contributed by atoms with Gasteiger partial charge in [-0.3, -0.25) is 29.0 Å². The summed E-state index contributed by atoms with van der Waals surface area (Å²) in [5.74, 6) is -4.13. The Morgan fingerprint density at radius 1 is 1.02 bits per heavy atom. The summed E-state index contributed by atoms with van der Waals surface area (Å²) >= 11 is 1.23. The van der Waals surface area contributed by atoms with Crippen LogP contribution in [-0.2, 0) is 24.0 Å². The highest BCUT2D eigenvalue weighted by molar-refractivity contribution is 8.00. The van der Waals surface area contributed by atoms with Gasteiger partial charge in [0.25, 0.3) is 5.91 Å². The first kappa shape index (κ1) is 32.3. The van der Waals surface area contributed by atoms with Crippen LogP contribution in [0.2, 0.25) is 0 Å². The lowest BCUT2D eigenvalue weighted by atomic mass is 10.0. The number of nitrogens with one attached hydrogen (secondary N) is 2. The predicted octanol–water partition coefficient (Wildman–Crippen LogP) is 1.05. The molecular formula is C32H29N5O10S. The van der Waals surface area contributed by atoms with Gasteiger partial charge in [0.2, 0.25) is 5.91 Å². The number of piperazine rings is 1. The molecular weight excluding hydrogens is 646 g/mol. The number of carboxylic acids is 1. The van der Waals surface area contributed by atoms with Crippen LogP contribution in [0.3, 0.4) is 0 Å². The number of rotatable bonds is 9. The van der Waals surface area contributed by atoms with Crippen LogP contribution in [0.15, 0.2) is 81.1 Å². The van der Waals surface area contributed by atoms with E-state index < -0.39 is 58.7 Å². The Morgan fingerprint density at radius 3 is 2.50 bits per heavy atom. The summed E-state index contributed by atoms with van der Waals surface area (Å²) in [6, 6.07) is 12.5. The van der Waals surface area contributed by atoms with Gasteiger partial charge in [0.05, 0.1) is 0 Å². The molecule has 2 aromatic carbocycles. The average Bonchev–Trinajstić information content (AvgIpc) is 3.09. The molecule has 15 nitrogen and oxygen atoms in total. The Kier molecular flexibility index (Phi) is 8.90. The molecule has 248 valence electrons. The number of imide groups is 1. The Bertz CT molecular complexity index is 1930. The SMILES string of the molecule is CCN1CCN(C(=O)N[C@@H](C(=O)N[C@@H]2C(=O)N3C(C(=O)O)=C(COc4ccc5ccc(=O)oc5c4)CS[C@H]23)c2ccccc2)C(=O)C1=O. The molecule has 6 rings (SSSR count). The summed E-state index contributed by atoms with van der Waals surface area (Å²) in [5, 5.41) is 15.1. The number of likely N-dealkylation sites (N-methyl/N-ethyl adjacent to an activating group) is 1. The smallest absolute Gasteiger partial charge is 0.352 e. The van der Waals surface area contributed by atoms with Gasteiger partial charge in [-0.15, -0.1) is 11.8 Å². The number of ether oxygens (including phenoxy) is 1. The summed E-state index contributed by atoms with van der Waals surface area (Å²) < 4.78 is 11.0. The Balaban J connectivity index is 1.16. The maximum absolute atomic E-state index is 13.6. The van der Waals surface area contributed by atoms with E-state index in [4.69, 9.17) is 9.15 Å². The van der Waals surface area contributed by atoms with Gasteiger partial charge in [0.1, 0.15) is 41.1 Å². The monoisotopic (exact) mass is 675 g/mol. The third-order valence-electron chi connectivity index (χ3n) is 8.15. The van der Waals surface area contributed by atoms with Crippen molar-refractivity contribution in [3.05, 3.63) is 87.9 Å². The van der Waals surface area contributed by atoms with E-state index in [9.17, 15) is 38.7 Å². The molecule has 3 aliphatic heterocycles. The van der Waals surface area contributed by atoms with Crippen LogP contribution >= 0.6 is 11.8 Å². The molecule has 0 saturated carbocycles. The number of carbonyl (C=O) groups is 6. The second-order valence-corrected chi connectivity index (χ2v) is 12.1. The number of hydrogen-bond donors (Lipinski definition) is 3. The molecule has 1 aromatic heterocycles. The number of carbonyl (C=O) groups excluding carboxylic acids is 5. The maximum Gasteiger partial charge on any atom is 0.352 e. The fraction of sp³-hybridized carbons (Fsp3) is 0.281. The van der Waals surface area contributed by atoms with E-state index in [-0.39, 0.29) is 31.1 Å². The van der Waals surface area contributed by atoms with Crippen molar-refractivity contribution in [3.8, 4) is 5.75 Å². The Labute approximate surface area is 276 Å². The molecule has 0 aliphatic carbocycles. The van der Waals surface area contributed by atoms with Crippen molar-refractivity contribution in [2.45, 2.75) is 24.4 Å². The highest BCUT2D eigenvalue weighted by Crippen LogP contribution is 2.40. The molecule has 2 saturated heterocycles. The fourth-order valence-corrected chi connectivity index (χ4v) is 6.98. The molecule has 0 bridgehead atoms. The molecule has 3 atom stereocenters. The standard InChI is InChI=1S/C32H29N5O10S/c1-2-35-12-13-36(29(42)28(35)41)32(45)34-23(18-6-4-3-5-7-18)26(39)33-24-27(40)37-25(31(43)44)19(16-48-30(24)37)15-46-20-10-8-17-9-11-22(38)47-21(17)14-20/h3-11,14,23-24,30H,2,12-13,15-16H2,1H3,(H,33,39)(H,34,45)(H,43,44)/t23-,24-,30-/m1/s1. The number of urea groups is 1. The summed E-state index contributed by atoms with van der Waals surface area (Å²) in [6.07, 6.45) is 0.